The quantitative estimate of drug-likeness (QED) is 0.684. The van der Waals surface area contributed by atoms with Gasteiger partial charge in [0, 0.05) is 5.02 Å². The number of ether oxygens (including phenoxy) is 1. The number of hydrogen-bond donors (Lipinski definition) is 0. The van der Waals surface area contributed by atoms with Gasteiger partial charge in [0.05, 0.1) is 4.88 Å². The number of rotatable bonds is 4. The van der Waals surface area contributed by atoms with Crippen molar-refractivity contribution in [2.24, 2.45) is 0 Å². The summed E-state index contributed by atoms with van der Waals surface area (Å²) >= 11 is 7.52. The van der Waals surface area contributed by atoms with Crippen LogP contribution >= 0.6 is 22.9 Å². The first kappa shape index (κ1) is 13.2. The molecule has 3 aromatic rings. The van der Waals surface area contributed by atoms with E-state index in [1.165, 1.54) is 0 Å². The molecule has 1 aromatic carbocycles. The molecule has 0 aliphatic rings. The maximum Gasteiger partial charge on any atom is 0.236 e. The van der Waals surface area contributed by atoms with Crippen LogP contribution in [0, 0.1) is 6.92 Å². The number of halogens is 1. The Kier molecular flexibility index (Phi) is 3.76. The molecule has 0 spiro atoms. The summed E-state index contributed by atoms with van der Waals surface area (Å²) in [6.07, 6.45) is 0. The third kappa shape index (κ3) is 2.86. The van der Waals surface area contributed by atoms with Crippen molar-refractivity contribution in [2.75, 3.05) is 0 Å². The van der Waals surface area contributed by atoms with Crippen LogP contribution in [0.1, 0.15) is 11.5 Å². The molecular weight excluding hydrogens is 294 g/mol. The van der Waals surface area contributed by atoms with Crippen molar-refractivity contribution in [2.45, 2.75) is 13.5 Å². The highest BCUT2D eigenvalue weighted by atomic mass is 35.5. The molecule has 0 aliphatic heterocycles. The van der Waals surface area contributed by atoms with Gasteiger partial charge < -0.3 is 9.15 Å². The number of nitrogens with zero attached hydrogens (tertiary/aromatic N) is 1. The molecule has 20 heavy (non-hydrogen) atoms. The predicted octanol–water partition coefficient (Wildman–Crippen LogP) is 4.94. The molecule has 0 fully saturated rings. The van der Waals surface area contributed by atoms with E-state index in [1.807, 2.05) is 42.6 Å². The van der Waals surface area contributed by atoms with Crippen molar-refractivity contribution >= 4 is 22.9 Å². The van der Waals surface area contributed by atoms with E-state index < -0.39 is 0 Å². The molecule has 0 atom stereocenters. The number of benzene rings is 1. The molecule has 3 rings (SSSR count). The van der Waals surface area contributed by atoms with E-state index >= 15 is 0 Å². The van der Waals surface area contributed by atoms with Crippen molar-refractivity contribution in [3.05, 3.63) is 58.3 Å². The van der Waals surface area contributed by atoms with Crippen LogP contribution in [-0.2, 0) is 6.61 Å². The van der Waals surface area contributed by atoms with E-state index in [-0.39, 0.29) is 0 Å². The molecule has 0 amide bonds. The molecule has 0 unspecified atom stereocenters. The van der Waals surface area contributed by atoms with Gasteiger partial charge >= 0.3 is 0 Å². The Bertz CT molecular complexity index is 706. The van der Waals surface area contributed by atoms with Crippen LogP contribution < -0.4 is 4.74 Å². The lowest BCUT2D eigenvalue weighted by molar-refractivity contribution is 0.299. The van der Waals surface area contributed by atoms with Crippen LogP contribution in [-0.4, -0.2) is 4.98 Å². The largest absolute Gasteiger partial charge is 0.487 e. The molecule has 2 heterocycles. The normalized spacial score (nSPS) is 10.7. The summed E-state index contributed by atoms with van der Waals surface area (Å²) in [4.78, 5) is 5.49. The van der Waals surface area contributed by atoms with Crippen LogP contribution in [0.25, 0.3) is 10.8 Å². The maximum atomic E-state index is 5.92. The van der Waals surface area contributed by atoms with Crippen molar-refractivity contribution in [1.82, 2.24) is 4.98 Å². The molecule has 0 saturated carbocycles. The van der Waals surface area contributed by atoms with Crippen molar-refractivity contribution in [3.8, 4) is 16.5 Å². The van der Waals surface area contributed by atoms with Crippen LogP contribution in [0.3, 0.4) is 0 Å². The summed E-state index contributed by atoms with van der Waals surface area (Å²) < 4.78 is 11.3. The first-order chi connectivity index (χ1) is 9.72. The second-order valence-corrected chi connectivity index (χ2v) is 5.63. The molecule has 3 nitrogen and oxygen atoms in total. The molecular formula is C15H12ClNO2S. The van der Waals surface area contributed by atoms with E-state index in [1.54, 1.807) is 17.4 Å². The molecule has 0 bridgehead atoms. The fourth-order valence-electron chi connectivity index (χ4n) is 1.78. The van der Waals surface area contributed by atoms with Gasteiger partial charge in [-0.25, -0.2) is 4.98 Å². The smallest absolute Gasteiger partial charge is 0.236 e. The van der Waals surface area contributed by atoms with E-state index in [9.17, 15) is 0 Å². The van der Waals surface area contributed by atoms with E-state index in [0.29, 0.717) is 17.5 Å². The minimum Gasteiger partial charge on any atom is -0.487 e. The minimum atomic E-state index is 0.362. The van der Waals surface area contributed by atoms with Crippen LogP contribution in [0.15, 0.2) is 46.2 Å². The lowest BCUT2D eigenvalue weighted by atomic mass is 10.3. The third-order valence-electron chi connectivity index (χ3n) is 2.80. The lowest BCUT2D eigenvalue weighted by Crippen LogP contribution is -1.97. The van der Waals surface area contributed by atoms with Crippen molar-refractivity contribution in [3.63, 3.8) is 0 Å². The van der Waals surface area contributed by atoms with Gasteiger partial charge in [0.25, 0.3) is 0 Å². The van der Waals surface area contributed by atoms with Crippen LogP contribution in [0.5, 0.6) is 5.75 Å². The average Bonchev–Trinajstić information content (AvgIpc) is 3.06. The highest BCUT2D eigenvalue weighted by Crippen LogP contribution is 2.26. The summed E-state index contributed by atoms with van der Waals surface area (Å²) in [6.45, 7) is 2.25. The highest BCUT2D eigenvalue weighted by molar-refractivity contribution is 7.13. The van der Waals surface area contributed by atoms with Gasteiger partial charge in [-0.3, -0.25) is 0 Å². The van der Waals surface area contributed by atoms with Gasteiger partial charge in [-0.05, 0) is 36.6 Å². The third-order valence-corrected chi connectivity index (χ3v) is 3.89. The predicted molar refractivity (Wildman–Crippen MR) is 80.3 cm³/mol. The van der Waals surface area contributed by atoms with E-state index in [2.05, 4.69) is 4.98 Å². The molecule has 2 aromatic heterocycles. The highest BCUT2D eigenvalue weighted by Gasteiger charge is 2.12. The molecule has 0 aliphatic carbocycles. The van der Waals surface area contributed by atoms with Gasteiger partial charge in [0.2, 0.25) is 5.89 Å². The molecule has 5 heteroatoms. The fourth-order valence-corrected chi connectivity index (χ4v) is 2.61. The van der Waals surface area contributed by atoms with Gasteiger partial charge in [-0.15, -0.1) is 11.3 Å². The summed E-state index contributed by atoms with van der Waals surface area (Å²) in [7, 11) is 0. The van der Waals surface area contributed by atoms with Crippen molar-refractivity contribution in [1.29, 1.82) is 0 Å². The molecule has 0 saturated heterocycles. The first-order valence-electron chi connectivity index (χ1n) is 6.11. The minimum absolute atomic E-state index is 0.362. The fraction of sp³-hybridized carbons (Fsp3) is 0.133. The molecule has 0 N–H and O–H groups in total. The summed E-state index contributed by atoms with van der Waals surface area (Å²) in [5.41, 5.74) is 0.799. The Balaban J connectivity index is 1.75. The zero-order valence-corrected chi connectivity index (χ0v) is 12.4. The number of aromatic nitrogens is 1. The molecule has 102 valence electrons. The lowest BCUT2D eigenvalue weighted by Gasteiger charge is -2.04. The summed E-state index contributed by atoms with van der Waals surface area (Å²) in [5.74, 6) is 2.13. The summed E-state index contributed by atoms with van der Waals surface area (Å²) in [6, 6.07) is 11.3. The first-order valence-corrected chi connectivity index (χ1v) is 7.36. The SMILES string of the molecule is Cc1oc(-c2cccs2)nc1COc1cccc(Cl)c1. The van der Waals surface area contributed by atoms with Crippen LogP contribution in [0.2, 0.25) is 5.02 Å². The van der Waals surface area contributed by atoms with E-state index in [4.69, 9.17) is 20.8 Å². The second kappa shape index (κ2) is 5.69. The standard InChI is InChI=1S/C15H12ClNO2S/c1-10-13(9-18-12-5-2-4-11(16)8-12)17-15(19-10)14-6-3-7-20-14/h2-8H,9H2,1H3. The molecule has 0 radical (unpaired) electrons. The van der Waals surface area contributed by atoms with Crippen molar-refractivity contribution < 1.29 is 9.15 Å². The van der Waals surface area contributed by atoms with Gasteiger partial charge in [-0.2, -0.15) is 0 Å². The maximum absolute atomic E-state index is 5.92. The number of thiophene rings is 1. The number of aryl methyl sites for hydroxylation is 1. The Morgan fingerprint density at radius 3 is 2.95 bits per heavy atom. The number of hydrogen-bond acceptors (Lipinski definition) is 4. The van der Waals surface area contributed by atoms with Gasteiger partial charge in [-0.1, -0.05) is 23.7 Å². The zero-order valence-electron chi connectivity index (χ0n) is 10.8. The van der Waals surface area contributed by atoms with E-state index in [0.717, 1.165) is 22.1 Å². The average molecular weight is 306 g/mol. The second-order valence-electron chi connectivity index (χ2n) is 4.25. The van der Waals surface area contributed by atoms with Crippen LogP contribution in [0.4, 0.5) is 0 Å². The Hall–Kier alpha value is -1.78. The van der Waals surface area contributed by atoms with Gasteiger partial charge in [0.15, 0.2) is 0 Å². The Morgan fingerprint density at radius 2 is 2.20 bits per heavy atom. The topological polar surface area (TPSA) is 35.3 Å². The monoisotopic (exact) mass is 305 g/mol. The Labute approximate surface area is 125 Å². The number of oxazole rings is 1. The zero-order chi connectivity index (χ0) is 13.9. The Morgan fingerprint density at radius 1 is 1.30 bits per heavy atom. The van der Waals surface area contributed by atoms with Gasteiger partial charge in [0.1, 0.15) is 23.8 Å². The summed E-state index contributed by atoms with van der Waals surface area (Å²) in [5, 5.41) is 2.65.